The Labute approximate surface area is 189 Å². The Morgan fingerprint density at radius 1 is 0.562 bits per heavy atom. The summed E-state index contributed by atoms with van der Waals surface area (Å²) in [6.45, 7) is 0. The van der Waals surface area contributed by atoms with Crippen molar-refractivity contribution < 1.29 is 0 Å². The predicted molar refractivity (Wildman–Crippen MR) is 137 cm³/mol. The minimum absolute atomic E-state index is 0.987. The highest BCUT2D eigenvalue weighted by molar-refractivity contribution is 7.25. The first-order valence-corrected chi connectivity index (χ1v) is 11.5. The third-order valence-corrected chi connectivity index (χ3v) is 7.37. The van der Waals surface area contributed by atoms with Gasteiger partial charge < -0.3 is 4.57 Å². The van der Waals surface area contributed by atoms with E-state index in [-0.39, 0.29) is 0 Å². The molecule has 0 fully saturated rings. The van der Waals surface area contributed by atoms with Crippen LogP contribution in [0.4, 0.5) is 0 Å². The van der Waals surface area contributed by atoms with Crippen LogP contribution in [0.1, 0.15) is 0 Å². The van der Waals surface area contributed by atoms with Crippen LogP contribution >= 0.6 is 11.3 Å². The summed E-state index contributed by atoms with van der Waals surface area (Å²) in [5, 5.41) is 5.23. The molecule has 0 spiro atoms. The number of nitrogens with zero attached hydrogens (tertiary/aromatic N) is 2. The first kappa shape index (κ1) is 17.7. The van der Waals surface area contributed by atoms with Crippen molar-refractivity contribution in [2.24, 2.45) is 0 Å². The molecule has 3 heteroatoms. The third kappa shape index (κ3) is 2.55. The Balaban J connectivity index is 1.58. The van der Waals surface area contributed by atoms with Gasteiger partial charge in [0.15, 0.2) is 0 Å². The third-order valence-electron chi connectivity index (χ3n) is 6.24. The molecule has 3 aromatic heterocycles. The maximum absolute atomic E-state index is 4.56. The fourth-order valence-electron chi connectivity index (χ4n) is 4.80. The average Bonchev–Trinajstić information content (AvgIpc) is 3.38. The van der Waals surface area contributed by atoms with Gasteiger partial charge in [0.25, 0.3) is 0 Å². The van der Waals surface area contributed by atoms with Crippen LogP contribution in [0, 0.1) is 0 Å². The van der Waals surface area contributed by atoms with E-state index in [0.29, 0.717) is 0 Å². The van der Waals surface area contributed by atoms with E-state index in [1.807, 2.05) is 29.7 Å². The molecule has 0 amide bonds. The Morgan fingerprint density at radius 3 is 2.31 bits per heavy atom. The van der Waals surface area contributed by atoms with Crippen LogP contribution in [-0.4, -0.2) is 9.55 Å². The van der Waals surface area contributed by atoms with Crippen molar-refractivity contribution in [3.8, 4) is 16.9 Å². The van der Waals surface area contributed by atoms with Crippen LogP contribution < -0.4 is 0 Å². The number of aromatic nitrogens is 2. The largest absolute Gasteiger partial charge is 0.309 e. The van der Waals surface area contributed by atoms with Gasteiger partial charge in [-0.1, -0.05) is 54.6 Å². The van der Waals surface area contributed by atoms with E-state index >= 15 is 0 Å². The van der Waals surface area contributed by atoms with Gasteiger partial charge in [-0.25, -0.2) is 0 Å². The molecule has 0 aliphatic carbocycles. The first-order valence-electron chi connectivity index (χ1n) is 10.7. The number of hydrogen-bond donors (Lipinski definition) is 0. The highest BCUT2D eigenvalue weighted by atomic mass is 32.1. The van der Waals surface area contributed by atoms with Crippen molar-refractivity contribution >= 4 is 53.3 Å². The van der Waals surface area contributed by atoms with Crippen molar-refractivity contribution in [1.82, 2.24) is 9.55 Å². The first-order chi connectivity index (χ1) is 15.9. The highest BCUT2D eigenvalue weighted by Crippen LogP contribution is 2.40. The number of thiophene rings is 1. The lowest BCUT2D eigenvalue weighted by Crippen LogP contribution is -1.94. The summed E-state index contributed by atoms with van der Waals surface area (Å²) in [7, 11) is 0. The van der Waals surface area contributed by atoms with E-state index in [0.717, 1.165) is 16.9 Å². The van der Waals surface area contributed by atoms with Gasteiger partial charge in [0.2, 0.25) is 0 Å². The topological polar surface area (TPSA) is 17.8 Å². The number of pyridine rings is 1. The Bertz CT molecular complexity index is 1770. The molecule has 0 bridgehead atoms. The molecular weight excluding hydrogens is 408 g/mol. The number of benzene rings is 4. The number of hydrogen-bond acceptors (Lipinski definition) is 2. The van der Waals surface area contributed by atoms with Gasteiger partial charge in [0, 0.05) is 48.4 Å². The molecule has 7 rings (SSSR count). The van der Waals surface area contributed by atoms with Gasteiger partial charge in [-0.15, -0.1) is 11.3 Å². The van der Waals surface area contributed by atoms with E-state index < -0.39 is 0 Å². The van der Waals surface area contributed by atoms with Gasteiger partial charge in [-0.05, 0) is 48.5 Å². The molecule has 0 aliphatic heterocycles. The van der Waals surface area contributed by atoms with E-state index in [1.165, 1.54) is 42.0 Å². The summed E-state index contributed by atoms with van der Waals surface area (Å²) in [4.78, 5) is 4.56. The van der Waals surface area contributed by atoms with E-state index in [2.05, 4.69) is 101 Å². The molecule has 7 aromatic rings. The van der Waals surface area contributed by atoms with Crippen LogP contribution in [0.3, 0.4) is 0 Å². The summed E-state index contributed by atoms with van der Waals surface area (Å²) < 4.78 is 5.06. The normalized spacial score (nSPS) is 11.8. The molecule has 150 valence electrons. The smallest absolute Gasteiger partial charge is 0.0702 e. The fourth-order valence-corrected chi connectivity index (χ4v) is 5.93. The molecule has 3 heterocycles. The molecule has 0 saturated heterocycles. The van der Waals surface area contributed by atoms with Gasteiger partial charge in [-0.3, -0.25) is 4.98 Å². The van der Waals surface area contributed by atoms with Gasteiger partial charge in [0.1, 0.15) is 0 Å². The van der Waals surface area contributed by atoms with Crippen molar-refractivity contribution in [3.05, 3.63) is 109 Å². The molecule has 0 atom stereocenters. The predicted octanol–water partition coefficient (Wildman–Crippen LogP) is 8.21. The SMILES string of the molecule is c1ccc(-c2cccc(-n3c4ccccc4c4cc5sc6ccccc6c5cc43)c2)nc1. The lowest BCUT2D eigenvalue weighted by atomic mass is 10.1. The molecule has 0 N–H and O–H groups in total. The van der Waals surface area contributed by atoms with Crippen molar-refractivity contribution in [2.75, 3.05) is 0 Å². The van der Waals surface area contributed by atoms with Crippen molar-refractivity contribution in [1.29, 1.82) is 0 Å². The Kier molecular flexibility index (Phi) is 3.75. The summed E-state index contributed by atoms with van der Waals surface area (Å²) >= 11 is 1.87. The molecule has 32 heavy (non-hydrogen) atoms. The van der Waals surface area contributed by atoms with Crippen LogP contribution in [0.5, 0.6) is 0 Å². The molecule has 0 unspecified atom stereocenters. The molecule has 0 saturated carbocycles. The van der Waals surface area contributed by atoms with Crippen LogP contribution in [-0.2, 0) is 0 Å². The summed E-state index contributed by atoms with van der Waals surface area (Å²) in [6.07, 6.45) is 1.85. The summed E-state index contributed by atoms with van der Waals surface area (Å²) in [5.74, 6) is 0. The molecule has 4 aromatic carbocycles. The van der Waals surface area contributed by atoms with Crippen LogP contribution in [0.2, 0.25) is 0 Å². The Morgan fingerprint density at radius 2 is 1.41 bits per heavy atom. The van der Waals surface area contributed by atoms with Crippen LogP contribution in [0.15, 0.2) is 109 Å². The zero-order chi connectivity index (χ0) is 21.1. The zero-order valence-electron chi connectivity index (χ0n) is 17.2. The molecule has 2 nitrogen and oxygen atoms in total. The quantitative estimate of drug-likeness (QED) is 0.272. The lowest BCUT2D eigenvalue weighted by molar-refractivity contribution is 1.18. The average molecular weight is 427 g/mol. The molecular formula is C29H18N2S. The van der Waals surface area contributed by atoms with Crippen molar-refractivity contribution in [3.63, 3.8) is 0 Å². The maximum Gasteiger partial charge on any atom is 0.0702 e. The fraction of sp³-hybridized carbons (Fsp3) is 0. The second-order valence-corrected chi connectivity index (χ2v) is 9.17. The van der Waals surface area contributed by atoms with Crippen LogP contribution in [0.25, 0.3) is 58.9 Å². The van der Waals surface area contributed by atoms with E-state index in [4.69, 9.17) is 0 Å². The molecule has 0 radical (unpaired) electrons. The minimum atomic E-state index is 0.987. The lowest BCUT2D eigenvalue weighted by Gasteiger charge is -2.10. The van der Waals surface area contributed by atoms with E-state index in [1.54, 1.807) is 0 Å². The van der Waals surface area contributed by atoms with Gasteiger partial charge in [-0.2, -0.15) is 0 Å². The van der Waals surface area contributed by atoms with E-state index in [9.17, 15) is 0 Å². The number of para-hydroxylation sites is 1. The maximum atomic E-state index is 4.56. The second kappa shape index (κ2) is 6.78. The molecule has 0 aliphatic rings. The minimum Gasteiger partial charge on any atom is -0.309 e. The number of rotatable bonds is 2. The standard InChI is InChI=1S/C29H18N2S/c1-3-13-26-21(10-1)23-18-29-24(22-11-2-4-14-28(22)32-29)17-27(23)31(26)20-9-7-8-19(16-20)25-12-5-6-15-30-25/h1-18H. The Hall–Kier alpha value is -3.95. The van der Waals surface area contributed by atoms with Crippen molar-refractivity contribution in [2.45, 2.75) is 0 Å². The van der Waals surface area contributed by atoms with Gasteiger partial charge in [0.05, 0.1) is 16.7 Å². The summed E-state index contributed by atoms with van der Waals surface area (Å²) in [5.41, 5.74) is 5.72. The second-order valence-electron chi connectivity index (χ2n) is 8.08. The monoisotopic (exact) mass is 426 g/mol. The highest BCUT2D eigenvalue weighted by Gasteiger charge is 2.15. The van der Waals surface area contributed by atoms with Gasteiger partial charge >= 0.3 is 0 Å². The summed E-state index contributed by atoms with van der Waals surface area (Å²) in [6, 6.07) is 36.9. The zero-order valence-corrected chi connectivity index (χ0v) is 18.0. The number of fused-ring (bicyclic) bond motifs is 6.